The summed E-state index contributed by atoms with van der Waals surface area (Å²) in [6.45, 7) is 7.12. The maximum atomic E-state index is 11.4. The summed E-state index contributed by atoms with van der Waals surface area (Å²) in [5.41, 5.74) is 2.72. The largest absolute Gasteiger partial charge is 0.302 e. The van der Waals surface area contributed by atoms with Gasteiger partial charge in [-0.3, -0.25) is 4.79 Å². The quantitative estimate of drug-likeness (QED) is 0.796. The number of hydrogen-bond acceptors (Lipinski definition) is 2. The number of piperidine rings is 1. The van der Waals surface area contributed by atoms with E-state index in [2.05, 4.69) is 36.1 Å². The van der Waals surface area contributed by atoms with Crippen molar-refractivity contribution < 1.29 is 4.79 Å². The van der Waals surface area contributed by atoms with E-state index >= 15 is 0 Å². The Morgan fingerprint density at radius 1 is 1.41 bits per heavy atom. The van der Waals surface area contributed by atoms with E-state index in [0.29, 0.717) is 5.78 Å². The van der Waals surface area contributed by atoms with Crippen LogP contribution in [0, 0.1) is 12.8 Å². The van der Waals surface area contributed by atoms with Crippen molar-refractivity contribution in [3.05, 3.63) is 35.4 Å². The summed E-state index contributed by atoms with van der Waals surface area (Å²) in [6.07, 6.45) is 1.82. The van der Waals surface area contributed by atoms with Crippen molar-refractivity contribution in [1.29, 1.82) is 0 Å². The van der Waals surface area contributed by atoms with E-state index in [1.807, 2.05) is 6.92 Å². The van der Waals surface area contributed by atoms with E-state index in [-0.39, 0.29) is 5.92 Å². The summed E-state index contributed by atoms with van der Waals surface area (Å²) in [7, 11) is 0. The van der Waals surface area contributed by atoms with E-state index in [9.17, 15) is 4.79 Å². The van der Waals surface area contributed by atoms with Gasteiger partial charge in [-0.1, -0.05) is 36.8 Å². The molecule has 0 N–H and O–H groups in total. The molecule has 92 valence electrons. The van der Waals surface area contributed by atoms with E-state index in [4.69, 9.17) is 0 Å². The molecule has 0 bridgehead atoms. The fraction of sp³-hybridized carbons (Fsp3) is 0.533. The zero-order valence-electron chi connectivity index (χ0n) is 10.8. The maximum Gasteiger partial charge on any atom is 0.138 e. The molecule has 0 spiro atoms. The number of carbonyl (C=O) groups excluding carboxylic acids is 1. The Labute approximate surface area is 104 Å². The third kappa shape index (κ3) is 3.40. The third-order valence-electron chi connectivity index (χ3n) is 3.56. The second kappa shape index (κ2) is 5.46. The topological polar surface area (TPSA) is 20.3 Å². The minimum atomic E-state index is 0.223. The van der Waals surface area contributed by atoms with Crippen LogP contribution in [0.4, 0.5) is 0 Å². The first-order valence-corrected chi connectivity index (χ1v) is 6.46. The highest BCUT2D eigenvalue weighted by Crippen LogP contribution is 2.13. The highest BCUT2D eigenvalue weighted by molar-refractivity contribution is 5.81. The molecule has 17 heavy (non-hydrogen) atoms. The number of nitrogens with zero attached hydrogens (tertiary/aromatic N) is 1. The zero-order chi connectivity index (χ0) is 12.3. The molecule has 1 atom stereocenters. The molecule has 2 heteroatoms. The Kier molecular flexibility index (Phi) is 3.95. The lowest BCUT2D eigenvalue weighted by molar-refractivity contribution is -0.125. The Balaban J connectivity index is 1.84. The number of likely N-dealkylation sites (tertiary alicyclic amines) is 1. The average molecular weight is 231 g/mol. The van der Waals surface area contributed by atoms with Crippen LogP contribution in [0.3, 0.4) is 0 Å². The number of Topliss-reactive ketones (excluding diaryl/α,β-unsaturated/α-hetero) is 1. The van der Waals surface area contributed by atoms with Gasteiger partial charge in [-0.25, -0.2) is 0 Å². The van der Waals surface area contributed by atoms with Crippen LogP contribution in [-0.4, -0.2) is 30.3 Å². The lowest BCUT2D eigenvalue weighted by Crippen LogP contribution is -2.40. The third-order valence-corrected chi connectivity index (χ3v) is 3.56. The van der Waals surface area contributed by atoms with Gasteiger partial charge in [0.2, 0.25) is 0 Å². The highest BCUT2D eigenvalue weighted by Gasteiger charge is 2.22. The van der Waals surface area contributed by atoms with Crippen molar-refractivity contribution in [1.82, 2.24) is 4.90 Å². The van der Waals surface area contributed by atoms with Gasteiger partial charge in [-0.2, -0.15) is 0 Å². The van der Waals surface area contributed by atoms with E-state index in [1.54, 1.807) is 0 Å². The summed E-state index contributed by atoms with van der Waals surface area (Å²) in [5, 5.41) is 0. The highest BCUT2D eigenvalue weighted by atomic mass is 16.1. The van der Waals surface area contributed by atoms with Gasteiger partial charge in [0, 0.05) is 32.0 Å². The van der Waals surface area contributed by atoms with Gasteiger partial charge in [0.1, 0.15) is 5.78 Å². The molecule has 1 fully saturated rings. The van der Waals surface area contributed by atoms with Gasteiger partial charge in [0.15, 0.2) is 0 Å². The molecule has 0 aromatic heterocycles. The van der Waals surface area contributed by atoms with Crippen LogP contribution < -0.4 is 0 Å². The number of ketones is 1. The monoisotopic (exact) mass is 231 g/mol. The molecular weight excluding hydrogens is 210 g/mol. The first-order chi connectivity index (χ1) is 8.15. The van der Waals surface area contributed by atoms with Crippen molar-refractivity contribution >= 4 is 5.78 Å². The number of benzene rings is 1. The van der Waals surface area contributed by atoms with Crippen molar-refractivity contribution in [2.75, 3.05) is 19.6 Å². The number of aryl methyl sites for hydroxylation is 1. The van der Waals surface area contributed by atoms with Crippen LogP contribution in [0.15, 0.2) is 24.3 Å². The minimum Gasteiger partial charge on any atom is -0.302 e. The second-order valence-electron chi connectivity index (χ2n) is 5.16. The number of rotatable bonds is 3. The van der Waals surface area contributed by atoms with Crippen LogP contribution in [-0.2, 0) is 11.2 Å². The van der Waals surface area contributed by atoms with Gasteiger partial charge >= 0.3 is 0 Å². The smallest absolute Gasteiger partial charge is 0.138 e. The van der Waals surface area contributed by atoms with E-state index < -0.39 is 0 Å². The first kappa shape index (κ1) is 12.3. The molecule has 1 saturated heterocycles. The van der Waals surface area contributed by atoms with Crippen LogP contribution in [0.2, 0.25) is 0 Å². The van der Waals surface area contributed by atoms with Gasteiger partial charge in [0.05, 0.1) is 0 Å². The van der Waals surface area contributed by atoms with Crippen molar-refractivity contribution in [2.45, 2.75) is 26.7 Å². The van der Waals surface area contributed by atoms with Gasteiger partial charge < -0.3 is 4.90 Å². The van der Waals surface area contributed by atoms with Crippen LogP contribution >= 0.6 is 0 Å². The number of carbonyl (C=O) groups is 1. The average Bonchev–Trinajstić information content (AvgIpc) is 2.31. The Morgan fingerprint density at radius 2 is 2.24 bits per heavy atom. The van der Waals surface area contributed by atoms with Crippen LogP contribution in [0.1, 0.15) is 24.5 Å². The minimum absolute atomic E-state index is 0.223. The summed E-state index contributed by atoms with van der Waals surface area (Å²) in [5.74, 6) is 0.651. The van der Waals surface area contributed by atoms with Gasteiger partial charge in [0.25, 0.3) is 0 Å². The predicted molar refractivity (Wildman–Crippen MR) is 70.1 cm³/mol. The lowest BCUT2D eigenvalue weighted by atomic mass is 9.98. The fourth-order valence-corrected chi connectivity index (χ4v) is 2.45. The molecule has 1 unspecified atom stereocenters. The van der Waals surface area contributed by atoms with Gasteiger partial charge in [-0.15, -0.1) is 0 Å². The standard InChI is InChI=1S/C15H21NO/c1-12-4-3-5-14(10-12)6-8-16-9-7-15(17)13(2)11-16/h3-5,10,13H,6-9,11H2,1-2H3. The van der Waals surface area contributed by atoms with Crippen molar-refractivity contribution in [2.24, 2.45) is 5.92 Å². The lowest BCUT2D eigenvalue weighted by Gasteiger charge is -2.29. The fourth-order valence-electron chi connectivity index (χ4n) is 2.45. The normalized spacial score (nSPS) is 21.8. The molecule has 1 heterocycles. The van der Waals surface area contributed by atoms with Crippen molar-refractivity contribution in [3.8, 4) is 0 Å². The Hall–Kier alpha value is -1.15. The van der Waals surface area contributed by atoms with Crippen LogP contribution in [0.25, 0.3) is 0 Å². The molecule has 0 saturated carbocycles. The SMILES string of the molecule is Cc1cccc(CCN2CCC(=O)C(C)C2)c1. The summed E-state index contributed by atoms with van der Waals surface area (Å²) in [6, 6.07) is 8.68. The molecule has 1 aliphatic heterocycles. The predicted octanol–water partition coefficient (Wildman–Crippen LogP) is 2.45. The summed E-state index contributed by atoms with van der Waals surface area (Å²) < 4.78 is 0. The molecular formula is C15H21NO. The Morgan fingerprint density at radius 3 is 2.94 bits per heavy atom. The Bertz CT molecular complexity index is 400. The molecule has 0 amide bonds. The molecule has 1 aromatic rings. The molecule has 2 nitrogen and oxygen atoms in total. The van der Waals surface area contributed by atoms with Gasteiger partial charge in [-0.05, 0) is 18.9 Å². The van der Waals surface area contributed by atoms with E-state index in [1.165, 1.54) is 11.1 Å². The summed E-state index contributed by atoms with van der Waals surface area (Å²) >= 11 is 0. The first-order valence-electron chi connectivity index (χ1n) is 6.46. The summed E-state index contributed by atoms with van der Waals surface area (Å²) in [4.78, 5) is 13.8. The van der Waals surface area contributed by atoms with Crippen LogP contribution in [0.5, 0.6) is 0 Å². The molecule has 1 aromatic carbocycles. The molecule has 1 aliphatic rings. The molecule has 0 aliphatic carbocycles. The zero-order valence-corrected chi connectivity index (χ0v) is 10.8. The number of hydrogen-bond donors (Lipinski definition) is 0. The van der Waals surface area contributed by atoms with E-state index in [0.717, 1.165) is 32.5 Å². The maximum absolute atomic E-state index is 11.4. The second-order valence-corrected chi connectivity index (χ2v) is 5.16. The molecule has 2 rings (SSSR count). The van der Waals surface area contributed by atoms with Crippen molar-refractivity contribution in [3.63, 3.8) is 0 Å². The molecule has 0 radical (unpaired) electrons.